The van der Waals surface area contributed by atoms with Gasteiger partial charge in [-0.2, -0.15) is 0 Å². The fourth-order valence-corrected chi connectivity index (χ4v) is 4.19. The first-order valence-corrected chi connectivity index (χ1v) is 11.5. The Bertz CT molecular complexity index is 1390. The minimum absolute atomic E-state index is 0.220. The maximum atomic E-state index is 13.0. The first kappa shape index (κ1) is 22.6. The standard InChI is InChI=1S/C25H26FN7O2/c1-18-2-8-21(9-3-18)30-12-14-31(15-13-30)23-24-29-33(25(35)32(24)11-10-27-23)17-22(34)28-16-19-4-6-20(26)7-5-19/h2-11H,12-17H2,1H3,(H,28,34). The SMILES string of the molecule is Cc1ccc(N2CCN(c3nccn4c(=O)n(CC(=O)NCc5ccc(F)cc5)nc34)CC2)cc1. The van der Waals surface area contributed by atoms with E-state index >= 15 is 0 Å². The lowest BCUT2D eigenvalue weighted by atomic mass is 10.2. The number of nitrogens with zero attached hydrogens (tertiary/aromatic N) is 6. The highest BCUT2D eigenvalue weighted by Crippen LogP contribution is 2.21. The average Bonchev–Trinajstić information content (AvgIpc) is 3.19. The molecule has 1 aliphatic heterocycles. The molecule has 10 heteroatoms. The molecule has 3 heterocycles. The zero-order chi connectivity index (χ0) is 24.4. The molecule has 180 valence electrons. The molecule has 5 rings (SSSR count). The molecule has 1 amide bonds. The number of aryl methyl sites for hydroxylation is 1. The van der Waals surface area contributed by atoms with E-state index in [-0.39, 0.29) is 24.8 Å². The number of hydrogen-bond donors (Lipinski definition) is 1. The van der Waals surface area contributed by atoms with Crippen molar-refractivity contribution in [3.8, 4) is 0 Å². The van der Waals surface area contributed by atoms with Crippen LogP contribution >= 0.6 is 0 Å². The van der Waals surface area contributed by atoms with E-state index in [2.05, 4.69) is 56.4 Å². The first-order valence-electron chi connectivity index (χ1n) is 11.5. The van der Waals surface area contributed by atoms with Crippen LogP contribution in [0.3, 0.4) is 0 Å². The normalized spacial score (nSPS) is 13.9. The van der Waals surface area contributed by atoms with Gasteiger partial charge in [0.15, 0.2) is 5.82 Å². The van der Waals surface area contributed by atoms with E-state index in [4.69, 9.17) is 0 Å². The number of benzene rings is 2. The lowest BCUT2D eigenvalue weighted by Crippen LogP contribution is -2.47. The van der Waals surface area contributed by atoms with Crippen molar-refractivity contribution in [2.45, 2.75) is 20.0 Å². The van der Waals surface area contributed by atoms with Crippen LogP contribution in [-0.4, -0.2) is 51.3 Å². The molecule has 0 unspecified atom stereocenters. The van der Waals surface area contributed by atoms with Crippen molar-refractivity contribution in [2.24, 2.45) is 0 Å². The van der Waals surface area contributed by atoms with Crippen LogP contribution in [-0.2, 0) is 17.9 Å². The number of anilines is 2. The Balaban J connectivity index is 1.27. The highest BCUT2D eigenvalue weighted by atomic mass is 19.1. The molecule has 0 bridgehead atoms. The van der Waals surface area contributed by atoms with Gasteiger partial charge in [0.25, 0.3) is 0 Å². The van der Waals surface area contributed by atoms with Gasteiger partial charge < -0.3 is 15.1 Å². The van der Waals surface area contributed by atoms with Gasteiger partial charge in [0, 0.05) is 50.8 Å². The molecule has 0 radical (unpaired) electrons. The Labute approximate surface area is 201 Å². The summed E-state index contributed by atoms with van der Waals surface area (Å²) in [5, 5.41) is 7.16. The number of aromatic nitrogens is 4. The molecule has 0 saturated carbocycles. The lowest BCUT2D eigenvalue weighted by Gasteiger charge is -2.36. The second kappa shape index (κ2) is 9.57. The summed E-state index contributed by atoms with van der Waals surface area (Å²) in [6.07, 6.45) is 3.14. The zero-order valence-electron chi connectivity index (χ0n) is 19.4. The second-order valence-electron chi connectivity index (χ2n) is 8.60. The summed E-state index contributed by atoms with van der Waals surface area (Å²) in [4.78, 5) is 34.2. The maximum absolute atomic E-state index is 13.0. The Morgan fingerprint density at radius 1 is 1.00 bits per heavy atom. The van der Waals surface area contributed by atoms with Crippen LogP contribution in [0, 0.1) is 12.7 Å². The third kappa shape index (κ3) is 4.86. The van der Waals surface area contributed by atoms with E-state index in [0.29, 0.717) is 11.5 Å². The predicted octanol–water partition coefficient (Wildman–Crippen LogP) is 1.98. The van der Waals surface area contributed by atoms with E-state index in [9.17, 15) is 14.0 Å². The number of nitrogens with one attached hydrogen (secondary N) is 1. The third-order valence-corrected chi connectivity index (χ3v) is 6.16. The lowest BCUT2D eigenvalue weighted by molar-refractivity contribution is -0.122. The van der Waals surface area contributed by atoms with Gasteiger partial charge in [0.05, 0.1) is 0 Å². The number of rotatable bonds is 6. The largest absolute Gasteiger partial charge is 0.368 e. The number of fused-ring (bicyclic) bond motifs is 1. The van der Waals surface area contributed by atoms with Gasteiger partial charge in [-0.25, -0.2) is 23.3 Å². The summed E-state index contributed by atoms with van der Waals surface area (Å²) >= 11 is 0. The molecule has 0 spiro atoms. The van der Waals surface area contributed by atoms with Gasteiger partial charge in [-0.3, -0.25) is 4.79 Å². The van der Waals surface area contributed by atoms with E-state index in [1.54, 1.807) is 24.5 Å². The van der Waals surface area contributed by atoms with E-state index in [0.717, 1.165) is 36.4 Å². The average molecular weight is 476 g/mol. The van der Waals surface area contributed by atoms with Gasteiger partial charge >= 0.3 is 5.69 Å². The van der Waals surface area contributed by atoms with Gasteiger partial charge in [-0.15, -0.1) is 5.10 Å². The van der Waals surface area contributed by atoms with E-state index in [1.807, 2.05) is 0 Å². The fourth-order valence-electron chi connectivity index (χ4n) is 4.19. The van der Waals surface area contributed by atoms with Crippen molar-refractivity contribution < 1.29 is 9.18 Å². The Morgan fingerprint density at radius 2 is 1.69 bits per heavy atom. The van der Waals surface area contributed by atoms with E-state index < -0.39 is 5.69 Å². The van der Waals surface area contributed by atoms with Crippen LogP contribution in [0.1, 0.15) is 11.1 Å². The Morgan fingerprint density at radius 3 is 2.40 bits per heavy atom. The van der Waals surface area contributed by atoms with Gasteiger partial charge in [0.2, 0.25) is 11.6 Å². The number of piperazine rings is 1. The number of halogens is 1. The van der Waals surface area contributed by atoms with Gasteiger partial charge in [-0.05, 0) is 36.8 Å². The molecule has 1 aliphatic rings. The smallest absolute Gasteiger partial charge is 0.350 e. The minimum atomic E-state index is -0.404. The molecule has 0 atom stereocenters. The van der Waals surface area contributed by atoms with Gasteiger partial charge in [0.1, 0.15) is 12.4 Å². The summed E-state index contributed by atoms with van der Waals surface area (Å²) in [7, 11) is 0. The number of hydrogen-bond acceptors (Lipinski definition) is 6. The number of amides is 1. The zero-order valence-corrected chi connectivity index (χ0v) is 19.4. The van der Waals surface area contributed by atoms with Crippen molar-refractivity contribution >= 4 is 23.1 Å². The second-order valence-corrected chi connectivity index (χ2v) is 8.60. The van der Waals surface area contributed by atoms with Crippen molar-refractivity contribution in [1.82, 2.24) is 24.5 Å². The van der Waals surface area contributed by atoms with Crippen molar-refractivity contribution in [3.63, 3.8) is 0 Å². The third-order valence-electron chi connectivity index (χ3n) is 6.16. The first-order chi connectivity index (χ1) is 17.0. The summed E-state index contributed by atoms with van der Waals surface area (Å²) in [6, 6.07) is 14.4. The monoisotopic (exact) mass is 475 g/mol. The van der Waals surface area contributed by atoms with Crippen LogP contribution < -0.4 is 20.8 Å². The van der Waals surface area contributed by atoms with Crippen LogP contribution in [0.5, 0.6) is 0 Å². The van der Waals surface area contributed by atoms with Crippen molar-refractivity contribution in [1.29, 1.82) is 0 Å². The van der Waals surface area contributed by atoms with Crippen LogP contribution in [0.15, 0.2) is 65.7 Å². The molecule has 2 aromatic carbocycles. The Hall–Kier alpha value is -4.21. The summed E-state index contributed by atoms with van der Waals surface area (Å²) < 4.78 is 15.6. The minimum Gasteiger partial charge on any atom is -0.368 e. The number of carbonyl (C=O) groups is 1. The van der Waals surface area contributed by atoms with Crippen LogP contribution in [0.25, 0.3) is 5.65 Å². The molecular weight excluding hydrogens is 449 g/mol. The predicted molar refractivity (Wildman–Crippen MR) is 131 cm³/mol. The molecule has 1 N–H and O–H groups in total. The highest BCUT2D eigenvalue weighted by Gasteiger charge is 2.22. The van der Waals surface area contributed by atoms with Crippen LogP contribution in [0.4, 0.5) is 15.9 Å². The Kier molecular flexibility index (Phi) is 6.17. The quantitative estimate of drug-likeness (QED) is 0.459. The van der Waals surface area contributed by atoms with E-state index in [1.165, 1.54) is 27.8 Å². The summed E-state index contributed by atoms with van der Waals surface area (Å²) in [6.45, 7) is 5.20. The molecule has 4 aromatic rings. The molecule has 2 aromatic heterocycles. The topological polar surface area (TPSA) is 87.8 Å². The molecule has 0 aliphatic carbocycles. The molecule has 1 saturated heterocycles. The highest BCUT2D eigenvalue weighted by molar-refractivity contribution is 5.75. The molecule has 35 heavy (non-hydrogen) atoms. The molecular formula is C25H26FN7O2. The molecule has 1 fully saturated rings. The van der Waals surface area contributed by atoms with Crippen molar-refractivity contribution in [3.05, 3.63) is 88.4 Å². The summed E-state index contributed by atoms with van der Waals surface area (Å²) in [5.74, 6) is -0.0722. The van der Waals surface area contributed by atoms with Gasteiger partial charge in [-0.1, -0.05) is 29.8 Å². The van der Waals surface area contributed by atoms with Crippen molar-refractivity contribution in [2.75, 3.05) is 36.0 Å². The fraction of sp³-hybridized carbons (Fsp3) is 0.280. The van der Waals surface area contributed by atoms with Crippen LogP contribution in [0.2, 0.25) is 0 Å². The summed E-state index contributed by atoms with van der Waals surface area (Å²) in [5.41, 5.74) is 3.20. The number of carbonyl (C=O) groups excluding carboxylic acids is 1. The maximum Gasteiger partial charge on any atom is 0.350 e. The molecule has 9 nitrogen and oxygen atoms in total.